The second-order valence-corrected chi connectivity index (χ2v) is 7.83. The Bertz CT molecular complexity index is 1290. The van der Waals surface area contributed by atoms with Crippen molar-refractivity contribution < 1.29 is 4.79 Å². The van der Waals surface area contributed by atoms with Gasteiger partial charge in [0.1, 0.15) is 18.4 Å². The van der Waals surface area contributed by atoms with Crippen LogP contribution in [-0.2, 0) is 17.8 Å². The van der Waals surface area contributed by atoms with E-state index in [0.29, 0.717) is 22.8 Å². The highest BCUT2D eigenvalue weighted by Gasteiger charge is 2.13. The predicted octanol–water partition coefficient (Wildman–Crippen LogP) is 3.88. The van der Waals surface area contributed by atoms with Gasteiger partial charge in [-0.25, -0.2) is 9.20 Å². The molecule has 0 saturated heterocycles. The highest BCUT2D eigenvalue weighted by Crippen LogP contribution is 2.20. The summed E-state index contributed by atoms with van der Waals surface area (Å²) >= 11 is 0. The quantitative estimate of drug-likeness (QED) is 0.518. The van der Waals surface area contributed by atoms with Gasteiger partial charge in [0.15, 0.2) is 0 Å². The van der Waals surface area contributed by atoms with Crippen molar-refractivity contribution in [3.8, 4) is 11.3 Å². The first-order valence-corrected chi connectivity index (χ1v) is 10.4. The van der Waals surface area contributed by atoms with Crippen LogP contribution < -0.4 is 10.9 Å². The first-order valence-electron chi connectivity index (χ1n) is 10.4. The number of nitrogens with zero attached hydrogens (tertiary/aromatic N) is 4. The van der Waals surface area contributed by atoms with Crippen LogP contribution in [0.5, 0.6) is 0 Å². The fourth-order valence-electron chi connectivity index (χ4n) is 3.42. The molecular formula is C24H25N5O2. The van der Waals surface area contributed by atoms with Gasteiger partial charge >= 0.3 is 0 Å². The summed E-state index contributed by atoms with van der Waals surface area (Å²) in [6.45, 7) is 6.12. The SMILES string of the molecule is CCc1ccc(-c2cc3c(=O)n(CC(=O)Nc4cccc(C(C)C)c4)ncn3n2)cc1. The van der Waals surface area contributed by atoms with Gasteiger partial charge < -0.3 is 5.32 Å². The lowest BCUT2D eigenvalue weighted by Gasteiger charge is -2.10. The van der Waals surface area contributed by atoms with Crippen LogP contribution in [0.1, 0.15) is 37.8 Å². The van der Waals surface area contributed by atoms with E-state index in [1.54, 1.807) is 6.07 Å². The van der Waals surface area contributed by atoms with Crippen molar-refractivity contribution in [2.45, 2.75) is 39.7 Å². The Morgan fingerprint density at radius 2 is 1.87 bits per heavy atom. The average Bonchev–Trinajstić information content (AvgIpc) is 3.21. The van der Waals surface area contributed by atoms with Crippen LogP contribution in [0.3, 0.4) is 0 Å². The summed E-state index contributed by atoms with van der Waals surface area (Å²) in [5.41, 5.74) is 4.70. The lowest BCUT2D eigenvalue weighted by atomic mass is 10.0. The first-order chi connectivity index (χ1) is 14.9. The molecule has 2 heterocycles. The van der Waals surface area contributed by atoms with Crippen LogP contribution in [-0.4, -0.2) is 25.3 Å². The third-order valence-electron chi connectivity index (χ3n) is 5.28. The summed E-state index contributed by atoms with van der Waals surface area (Å²) in [5, 5.41) is 11.4. The van der Waals surface area contributed by atoms with Gasteiger partial charge in [-0.3, -0.25) is 9.59 Å². The van der Waals surface area contributed by atoms with Gasteiger partial charge in [-0.1, -0.05) is 57.2 Å². The van der Waals surface area contributed by atoms with Crippen LogP contribution in [0.2, 0.25) is 0 Å². The number of aryl methyl sites for hydroxylation is 1. The zero-order valence-corrected chi connectivity index (χ0v) is 17.9. The molecule has 31 heavy (non-hydrogen) atoms. The van der Waals surface area contributed by atoms with E-state index in [0.717, 1.165) is 22.2 Å². The summed E-state index contributed by atoms with van der Waals surface area (Å²) in [6, 6.07) is 17.5. The molecule has 158 valence electrons. The third kappa shape index (κ3) is 4.40. The Labute approximate surface area is 180 Å². The van der Waals surface area contributed by atoms with Gasteiger partial charge in [-0.2, -0.15) is 10.2 Å². The van der Waals surface area contributed by atoms with E-state index in [2.05, 4.69) is 48.4 Å². The largest absolute Gasteiger partial charge is 0.324 e. The Morgan fingerprint density at radius 1 is 1.10 bits per heavy atom. The molecule has 0 spiro atoms. The van der Waals surface area contributed by atoms with Gasteiger partial charge in [-0.05, 0) is 41.7 Å². The molecule has 2 aromatic heterocycles. The number of fused-ring (bicyclic) bond motifs is 1. The van der Waals surface area contributed by atoms with Gasteiger partial charge in [0, 0.05) is 11.3 Å². The first kappa shape index (κ1) is 20.5. The van der Waals surface area contributed by atoms with Crippen molar-refractivity contribution >= 4 is 17.1 Å². The van der Waals surface area contributed by atoms with Crippen molar-refractivity contribution in [2.24, 2.45) is 0 Å². The smallest absolute Gasteiger partial charge is 0.293 e. The molecule has 7 heteroatoms. The van der Waals surface area contributed by atoms with Gasteiger partial charge in [0.2, 0.25) is 5.91 Å². The molecule has 0 saturated carbocycles. The second kappa shape index (κ2) is 8.55. The van der Waals surface area contributed by atoms with Crippen molar-refractivity contribution in [1.82, 2.24) is 19.4 Å². The van der Waals surface area contributed by atoms with Crippen LogP contribution in [0.4, 0.5) is 5.69 Å². The molecule has 0 aliphatic heterocycles. The minimum absolute atomic E-state index is 0.174. The minimum Gasteiger partial charge on any atom is -0.324 e. The third-order valence-corrected chi connectivity index (χ3v) is 5.28. The Hall–Kier alpha value is -3.74. The van der Waals surface area contributed by atoms with E-state index in [1.807, 2.05) is 36.4 Å². The van der Waals surface area contributed by atoms with Crippen molar-refractivity contribution in [1.29, 1.82) is 0 Å². The molecule has 2 aromatic carbocycles. The number of anilines is 1. The molecule has 0 fully saturated rings. The Morgan fingerprint density at radius 3 is 2.58 bits per heavy atom. The van der Waals surface area contributed by atoms with Gasteiger partial charge in [0.25, 0.3) is 5.56 Å². The summed E-state index contributed by atoms with van der Waals surface area (Å²) in [7, 11) is 0. The highest BCUT2D eigenvalue weighted by atomic mass is 16.2. The topological polar surface area (TPSA) is 81.3 Å². The summed E-state index contributed by atoms with van der Waals surface area (Å²) in [5.74, 6) is 0.0486. The number of carbonyl (C=O) groups excluding carboxylic acids is 1. The number of hydrogen-bond acceptors (Lipinski definition) is 4. The molecule has 0 unspecified atom stereocenters. The maximum atomic E-state index is 12.9. The molecule has 0 atom stereocenters. The number of rotatable bonds is 6. The molecular weight excluding hydrogens is 390 g/mol. The number of carbonyl (C=O) groups is 1. The number of aromatic nitrogens is 4. The number of hydrogen-bond donors (Lipinski definition) is 1. The van der Waals surface area contributed by atoms with Crippen molar-refractivity contribution in [2.75, 3.05) is 5.32 Å². The normalized spacial score (nSPS) is 11.2. The van der Waals surface area contributed by atoms with E-state index in [1.165, 1.54) is 16.4 Å². The molecule has 1 N–H and O–H groups in total. The summed E-state index contributed by atoms with van der Waals surface area (Å²) in [6.07, 6.45) is 2.41. The fourth-order valence-corrected chi connectivity index (χ4v) is 3.42. The Kier molecular flexibility index (Phi) is 5.66. The number of benzene rings is 2. The average molecular weight is 415 g/mol. The standard InChI is InChI=1S/C24H25N5O2/c1-4-17-8-10-18(11-9-17)21-13-22-24(31)28(25-15-29(22)27-21)14-23(30)26-20-7-5-6-19(12-20)16(2)3/h5-13,15-16H,4,14H2,1-3H3,(H,26,30). The zero-order valence-electron chi connectivity index (χ0n) is 17.9. The lowest BCUT2D eigenvalue weighted by molar-refractivity contribution is -0.117. The van der Waals surface area contributed by atoms with Crippen molar-refractivity contribution in [3.05, 3.63) is 82.4 Å². The second-order valence-electron chi connectivity index (χ2n) is 7.83. The summed E-state index contributed by atoms with van der Waals surface area (Å²) in [4.78, 5) is 25.4. The van der Waals surface area contributed by atoms with Gasteiger partial charge in [0.05, 0.1) is 5.69 Å². The zero-order chi connectivity index (χ0) is 22.0. The number of nitrogens with one attached hydrogen (secondary N) is 1. The van der Waals surface area contributed by atoms with Crippen LogP contribution in [0, 0.1) is 0 Å². The fraction of sp³-hybridized carbons (Fsp3) is 0.250. The summed E-state index contributed by atoms with van der Waals surface area (Å²) < 4.78 is 2.61. The highest BCUT2D eigenvalue weighted by molar-refractivity contribution is 5.90. The van der Waals surface area contributed by atoms with E-state index in [-0.39, 0.29) is 18.0 Å². The molecule has 0 radical (unpaired) electrons. The molecule has 1 amide bonds. The van der Waals surface area contributed by atoms with Crippen LogP contribution >= 0.6 is 0 Å². The van der Waals surface area contributed by atoms with Crippen molar-refractivity contribution in [3.63, 3.8) is 0 Å². The van der Waals surface area contributed by atoms with Crippen LogP contribution in [0.25, 0.3) is 16.8 Å². The van der Waals surface area contributed by atoms with E-state index in [9.17, 15) is 9.59 Å². The van der Waals surface area contributed by atoms with E-state index >= 15 is 0 Å². The maximum absolute atomic E-state index is 12.9. The molecule has 0 aliphatic rings. The lowest BCUT2D eigenvalue weighted by Crippen LogP contribution is -2.30. The van der Waals surface area contributed by atoms with Crippen LogP contribution in [0.15, 0.2) is 65.7 Å². The maximum Gasteiger partial charge on any atom is 0.293 e. The molecule has 0 aliphatic carbocycles. The van der Waals surface area contributed by atoms with Gasteiger partial charge in [-0.15, -0.1) is 0 Å². The Balaban J connectivity index is 1.55. The molecule has 4 aromatic rings. The monoisotopic (exact) mass is 415 g/mol. The number of amides is 1. The molecule has 7 nitrogen and oxygen atoms in total. The predicted molar refractivity (Wildman–Crippen MR) is 121 cm³/mol. The van der Waals surface area contributed by atoms with E-state index in [4.69, 9.17) is 0 Å². The molecule has 4 rings (SSSR count). The van der Waals surface area contributed by atoms with E-state index < -0.39 is 0 Å². The minimum atomic E-state index is -0.363. The molecule has 0 bridgehead atoms.